The van der Waals surface area contributed by atoms with Gasteiger partial charge in [-0.25, -0.2) is 4.98 Å². The van der Waals surface area contributed by atoms with Crippen molar-refractivity contribution >= 4 is 5.91 Å². The summed E-state index contributed by atoms with van der Waals surface area (Å²) in [7, 11) is 1.63. The third kappa shape index (κ3) is 5.94. The average molecular weight is 368 g/mol. The number of aromatic nitrogens is 1. The molecular weight excluding hydrogens is 349 g/mol. The number of alkyl halides is 3. The Balaban J connectivity index is 1.94. The Bertz CT molecular complexity index is 716. The molecule has 2 rings (SSSR count). The number of nitrogens with zero attached hydrogens (tertiary/aromatic N) is 2. The highest BCUT2D eigenvalue weighted by Crippen LogP contribution is 2.18. The largest absolute Gasteiger partial charge is 0.494 e. The fourth-order valence-corrected chi connectivity index (χ4v) is 2.17. The van der Waals surface area contributed by atoms with Crippen LogP contribution in [0, 0.1) is 0 Å². The van der Waals surface area contributed by atoms with Crippen LogP contribution in [0.25, 0.3) is 0 Å². The van der Waals surface area contributed by atoms with Gasteiger partial charge < -0.3 is 14.4 Å². The normalized spacial score (nSPS) is 11.1. The first-order valence-electron chi connectivity index (χ1n) is 7.91. The third-order valence-electron chi connectivity index (χ3n) is 3.37. The molecule has 8 heteroatoms. The van der Waals surface area contributed by atoms with Crippen molar-refractivity contribution in [3.05, 3.63) is 53.7 Å². The second kappa shape index (κ2) is 8.55. The van der Waals surface area contributed by atoms with Crippen LogP contribution in [0.5, 0.6) is 11.6 Å². The molecule has 0 bridgehead atoms. The van der Waals surface area contributed by atoms with Crippen LogP contribution in [0.2, 0.25) is 0 Å². The van der Waals surface area contributed by atoms with E-state index in [2.05, 4.69) is 9.72 Å². The zero-order valence-corrected chi connectivity index (χ0v) is 14.4. The van der Waals surface area contributed by atoms with E-state index >= 15 is 0 Å². The van der Waals surface area contributed by atoms with Crippen LogP contribution in [0.1, 0.15) is 22.8 Å². The van der Waals surface area contributed by atoms with E-state index in [-0.39, 0.29) is 17.4 Å². The summed E-state index contributed by atoms with van der Waals surface area (Å²) in [5, 5.41) is 0. The molecule has 0 unspecified atom stereocenters. The smallest absolute Gasteiger partial charge is 0.422 e. The van der Waals surface area contributed by atoms with Crippen LogP contribution in [0.15, 0.2) is 42.6 Å². The first-order valence-corrected chi connectivity index (χ1v) is 7.91. The average Bonchev–Trinajstić information content (AvgIpc) is 2.61. The summed E-state index contributed by atoms with van der Waals surface area (Å²) in [6.07, 6.45) is -3.24. The molecule has 1 aromatic heterocycles. The first kappa shape index (κ1) is 19.6. The molecule has 5 nitrogen and oxygen atoms in total. The Hall–Kier alpha value is -2.77. The van der Waals surface area contributed by atoms with Gasteiger partial charge in [0.1, 0.15) is 5.75 Å². The van der Waals surface area contributed by atoms with Crippen LogP contribution >= 0.6 is 0 Å². The minimum Gasteiger partial charge on any atom is -0.494 e. The van der Waals surface area contributed by atoms with Gasteiger partial charge in [-0.05, 0) is 30.7 Å². The van der Waals surface area contributed by atoms with E-state index in [0.29, 0.717) is 13.2 Å². The molecule has 0 saturated carbocycles. The minimum atomic E-state index is -4.44. The second-order valence-corrected chi connectivity index (χ2v) is 5.53. The maximum atomic E-state index is 12.4. The van der Waals surface area contributed by atoms with Crippen molar-refractivity contribution in [3.63, 3.8) is 0 Å². The van der Waals surface area contributed by atoms with E-state index in [1.54, 1.807) is 7.05 Å². The van der Waals surface area contributed by atoms with Crippen LogP contribution in [0.4, 0.5) is 13.2 Å². The molecule has 0 radical (unpaired) electrons. The molecule has 0 N–H and O–H groups in total. The van der Waals surface area contributed by atoms with Gasteiger partial charge in [-0.15, -0.1) is 0 Å². The lowest BCUT2D eigenvalue weighted by atomic mass is 10.2. The van der Waals surface area contributed by atoms with E-state index < -0.39 is 12.8 Å². The minimum absolute atomic E-state index is 0.187. The molecule has 1 amide bonds. The third-order valence-corrected chi connectivity index (χ3v) is 3.37. The first-order chi connectivity index (χ1) is 12.3. The summed E-state index contributed by atoms with van der Waals surface area (Å²) in [6, 6.07) is 10.00. The Morgan fingerprint density at radius 3 is 2.35 bits per heavy atom. The van der Waals surface area contributed by atoms with E-state index in [1.165, 1.54) is 23.2 Å². The number of ether oxygens (including phenoxy) is 2. The molecule has 140 valence electrons. The Morgan fingerprint density at radius 1 is 1.12 bits per heavy atom. The number of benzene rings is 1. The lowest BCUT2D eigenvalue weighted by Crippen LogP contribution is -2.26. The quantitative estimate of drug-likeness (QED) is 0.748. The highest BCUT2D eigenvalue weighted by Gasteiger charge is 2.28. The van der Waals surface area contributed by atoms with Crippen molar-refractivity contribution in [1.82, 2.24) is 9.88 Å². The van der Waals surface area contributed by atoms with Crippen molar-refractivity contribution in [2.75, 3.05) is 20.3 Å². The molecule has 0 spiro atoms. The van der Waals surface area contributed by atoms with E-state index in [1.807, 2.05) is 31.2 Å². The number of hydrogen-bond acceptors (Lipinski definition) is 4. The zero-order chi connectivity index (χ0) is 19.2. The summed E-state index contributed by atoms with van der Waals surface area (Å²) < 4.78 is 46.2. The van der Waals surface area contributed by atoms with E-state index in [9.17, 15) is 18.0 Å². The molecular formula is C18H19F3N2O3. The number of rotatable bonds is 7. The Labute approximate surface area is 149 Å². The summed E-state index contributed by atoms with van der Waals surface area (Å²) in [6.45, 7) is 1.42. The number of carbonyl (C=O) groups excluding carboxylic acids is 1. The highest BCUT2D eigenvalue weighted by atomic mass is 19.4. The molecule has 1 aromatic carbocycles. The number of pyridine rings is 1. The van der Waals surface area contributed by atoms with Crippen molar-refractivity contribution in [1.29, 1.82) is 0 Å². The maximum Gasteiger partial charge on any atom is 0.422 e. The monoisotopic (exact) mass is 368 g/mol. The fraction of sp³-hybridized carbons (Fsp3) is 0.333. The van der Waals surface area contributed by atoms with Crippen molar-refractivity contribution in [2.45, 2.75) is 19.6 Å². The molecule has 26 heavy (non-hydrogen) atoms. The number of hydrogen-bond donors (Lipinski definition) is 0. The second-order valence-electron chi connectivity index (χ2n) is 5.53. The van der Waals surface area contributed by atoms with Crippen LogP contribution < -0.4 is 9.47 Å². The topological polar surface area (TPSA) is 51.7 Å². The van der Waals surface area contributed by atoms with Gasteiger partial charge in [0.2, 0.25) is 5.88 Å². The molecule has 0 saturated heterocycles. The van der Waals surface area contributed by atoms with Gasteiger partial charge in [0.15, 0.2) is 6.61 Å². The van der Waals surface area contributed by atoms with Crippen LogP contribution in [0.3, 0.4) is 0 Å². The van der Waals surface area contributed by atoms with Gasteiger partial charge in [0.25, 0.3) is 5.91 Å². The van der Waals surface area contributed by atoms with E-state index in [0.717, 1.165) is 11.3 Å². The summed E-state index contributed by atoms with van der Waals surface area (Å²) in [5.41, 5.74) is 1.18. The molecule has 0 fully saturated rings. The summed E-state index contributed by atoms with van der Waals surface area (Å²) in [4.78, 5) is 17.6. The molecule has 0 atom stereocenters. The van der Waals surface area contributed by atoms with Crippen molar-refractivity contribution in [3.8, 4) is 11.6 Å². The molecule has 0 aliphatic heterocycles. The maximum absolute atomic E-state index is 12.4. The number of amides is 1. The zero-order valence-electron chi connectivity index (χ0n) is 14.4. The molecule has 1 heterocycles. The Morgan fingerprint density at radius 2 is 1.81 bits per heavy atom. The van der Waals surface area contributed by atoms with Crippen LogP contribution in [-0.2, 0) is 6.54 Å². The molecule has 2 aromatic rings. The molecule has 0 aliphatic carbocycles. The van der Waals surface area contributed by atoms with Gasteiger partial charge in [-0.1, -0.05) is 12.1 Å². The Kier molecular flexibility index (Phi) is 6.43. The van der Waals surface area contributed by atoms with Crippen LogP contribution in [-0.4, -0.2) is 42.2 Å². The SMILES string of the molecule is CCOc1ccc(CN(C)C(=O)c2ccc(OCC(F)(F)F)nc2)cc1. The predicted octanol–water partition coefficient (Wildman–Crippen LogP) is 3.69. The van der Waals surface area contributed by atoms with Gasteiger partial charge >= 0.3 is 6.18 Å². The lowest BCUT2D eigenvalue weighted by molar-refractivity contribution is -0.154. The van der Waals surface area contributed by atoms with Gasteiger partial charge in [-0.2, -0.15) is 13.2 Å². The summed E-state index contributed by atoms with van der Waals surface area (Å²) >= 11 is 0. The van der Waals surface area contributed by atoms with Gasteiger partial charge in [0, 0.05) is 25.9 Å². The molecule has 0 aliphatic rings. The highest BCUT2D eigenvalue weighted by molar-refractivity contribution is 5.93. The van der Waals surface area contributed by atoms with E-state index in [4.69, 9.17) is 4.74 Å². The summed E-state index contributed by atoms with van der Waals surface area (Å²) in [5.74, 6) is 0.269. The van der Waals surface area contributed by atoms with Gasteiger partial charge in [-0.3, -0.25) is 4.79 Å². The lowest BCUT2D eigenvalue weighted by Gasteiger charge is -2.17. The standard InChI is InChI=1S/C18H19F3N2O3/c1-3-25-15-7-4-13(5-8-15)11-23(2)17(24)14-6-9-16(22-10-14)26-12-18(19,20)21/h4-10H,3,11-12H2,1-2H3. The van der Waals surface area contributed by atoms with Crippen molar-refractivity contribution in [2.24, 2.45) is 0 Å². The van der Waals surface area contributed by atoms with Gasteiger partial charge in [0.05, 0.1) is 12.2 Å². The van der Waals surface area contributed by atoms with Crippen molar-refractivity contribution < 1.29 is 27.4 Å². The number of carbonyl (C=O) groups is 1. The fourth-order valence-electron chi connectivity index (χ4n) is 2.17. The predicted molar refractivity (Wildman–Crippen MR) is 89.2 cm³/mol. The number of halogens is 3.